The second kappa shape index (κ2) is 11.8. The van der Waals surface area contributed by atoms with Crippen LogP contribution in [0.15, 0.2) is 66.7 Å². The molecule has 1 amide bonds. The number of anilines is 1. The fraction of sp³-hybridized carbons (Fsp3) is 0.120. The Morgan fingerprint density at radius 3 is 2.34 bits per heavy atom. The summed E-state index contributed by atoms with van der Waals surface area (Å²) in [6.45, 7) is 2.07. The van der Waals surface area contributed by atoms with E-state index in [0.717, 1.165) is 0 Å². The SMILES string of the molecule is CCOC(=O)c1ccc(N(Cc2ccc(Cl)cc2Cl)C(=O)/C=C/c2ccc(Cl)c([N+](=O)[O-])c2)cc1. The average molecular weight is 534 g/mol. The van der Waals surface area contributed by atoms with Crippen molar-refractivity contribution in [1.29, 1.82) is 0 Å². The Morgan fingerprint density at radius 1 is 1.00 bits per heavy atom. The zero-order chi connectivity index (χ0) is 25.5. The van der Waals surface area contributed by atoms with Crippen molar-refractivity contribution < 1.29 is 19.2 Å². The van der Waals surface area contributed by atoms with Crippen LogP contribution in [0.3, 0.4) is 0 Å². The zero-order valence-corrected chi connectivity index (χ0v) is 20.7. The summed E-state index contributed by atoms with van der Waals surface area (Å²) in [7, 11) is 0. The molecule has 0 unspecified atom stereocenters. The lowest BCUT2D eigenvalue weighted by Gasteiger charge is -2.22. The molecule has 3 rings (SSSR count). The van der Waals surface area contributed by atoms with Crippen LogP contribution in [0, 0.1) is 10.1 Å². The number of hydrogen-bond acceptors (Lipinski definition) is 5. The van der Waals surface area contributed by atoms with Gasteiger partial charge in [-0.2, -0.15) is 0 Å². The van der Waals surface area contributed by atoms with E-state index in [2.05, 4.69) is 0 Å². The van der Waals surface area contributed by atoms with Crippen LogP contribution >= 0.6 is 34.8 Å². The van der Waals surface area contributed by atoms with Crippen LogP contribution in [0.25, 0.3) is 6.08 Å². The number of hydrogen-bond donors (Lipinski definition) is 0. The predicted molar refractivity (Wildman–Crippen MR) is 137 cm³/mol. The number of nitro benzene ring substituents is 1. The van der Waals surface area contributed by atoms with Crippen LogP contribution in [0.2, 0.25) is 15.1 Å². The van der Waals surface area contributed by atoms with E-state index in [-0.39, 0.29) is 23.9 Å². The number of esters is 1. The maximum absolute atomic E-state index is 13.2. The summed E-state index contributed by atoms with van der Waals surface area (Å²) in [5.41, 5.74) is 1.66. The van der Waals surface area contributed by atoms with Gasteiger partial charge >= 0.3 is 5.97 Å². The molecule has 0 saturated carbocycles. The van der Waals surface area contributed by atoms with Gasteiger partial charge in [-0.05, 0) is 66.6 Å². The quantitative estimate of drug-likeness (QED) is 0.135. The topological polar surface area (TPSA) is 89.8 Å². The first-order valence-electron chi connectivity index (χ1n) is 10.3. The van der Waals surface area contributed by atoms with E-state index < -0.39 is 16.8 Å². The van der Waals surface area contributed by atoms with Crippen molar-refractivity contribution in [2.75, 3.05) is 11.5 Å². The van der Waals surface area contributed by atoms with Crippen LogP contribution in [-0.2, 0) is 16.1 Å². The van der Waals surface area contributed by atoms with Crippen molar-refractivity contribution in [3.63, 3.8) is 0 Å². The number of carbonyl (C=O) groups is 2. The van der Waals surface area contributed by atoms with Crippen molar-refractivity contribution in [2.45, 2.75) is 13.5 Å². The van der Waals surface area contributed by atoms with Crippen LogP contribution < -0.4 is 4.90 Å². The van der Waals surface area contributed by atoms with Crippen molar-refractivity contribution in [3.8, 4) is 0 Å². The zero-order valence-electron chi connectivity index (χ0n) is 18.4. The maximum atomic E-state index is 13.2. The number of nitro groups is 1. The third-order valence-corrected chi connectivity index (χ3v) is 5.79. The fourth-order valence-corrected chi connectivity index (χ4v) is 3.79. The Bertz CT molecular complexity index is 1290. The molecule has 0 atom stereocenters. The molecule has 0 aromatic heterocycles. The van der Waals surface area contributed by atoms with Gasteiger partial charge in [0.2, 0.25) is 0 Å². The molecule has 3 aromatic rings. The van der Waals surface area contributed by atoms with E-state index in [1.807, 2.05) is 0 Å². The summed E-state index contributed by atoms with van der Waals surface area (Å²) in [5, 5.41) is 12.0. The molecule has 180 valence electrons. The summed E-state index contributed by atoms with van der Waals surface area (Å²) >= 11 is 18.2. The Morgan fingerprint density at radius 2 is 1.71 bits per heavy atom. The molecule has 0 N–H and O–H groups in total. The van der Waals surface area contributed by atoms with E-state index in [1.54, 1.807) is 55.5 Å². The van der Waals surface area contributed by atoms with Crippen molar-refractivity contribution in [3.05, 3.63) is 109 Å². The lowest BCUT2D eigenvalue weighted by Crippen LogP contribution is -2.29. The highest BCUT2D eigenvalue weighted by Crippen LogP contribution is 2.27. The minimum atomic E-state index is -0.596. The summed E-state index contributed by atoms with van der Waals surface area (Å²) in [6, 6.07) is 15.5. The van der Waals surface area contributed by atoms with Gasteiger partial charge in [-0.3, -0.25) is 14.9 Å². The summed E-state index contributed by atoms with van der Waals surface area (Å²) in [4.78, 5) is 37.2. The normalized spacial score (nSPS) is 10.9. The number of nitrogens with zero attached hydrogens (tertiary/aromatic N) is 2. The smallest absolute Gasteiger partial charge is 0.338 e. The van der Waals surface area contributed by atoms with Crippen molar-refractivity contribution in [1.82, 2.24) is 0 Å². The predicted octanol–water partition coefficient (Wildman–Crippen LogP) is 6.98. The molecule has 0 bridgehead atoms. The third kappa shape index (κ3) is 6.82. The fourth-order valence-electron chi connectivity index (χ4n) is 3.14. The molecule has 0 fully saturated rings. The largest absolute Gasteiger partial charge is 0.462 e. The van der Waals surface area contributed by atoms with Crippen LogP contribution in [0.5, 0.6) is 0 Å². The first kappa shape index (κ1) is 26.2. The van der Waals surface area contributed by atoms with Crippen LogP contribution in [0.4, 0.5) is 11.4 Å². The maximum Gasteiger partial charge on any atom is 0.338 e. The highest BCUT2D eigenvalue weighted by molar-refractivity contribution is 6.35. The molecule has 0 saturated heterocycles. The molecule has 0 aliphatic heterocycles. The van der Waals surface area contributed by atoms with Gasteiger partial charge in [0.05, 0.1) is 23.6 Å². The lowest BCUT2D eigenvalue weighted by atomic mass is 10.1. The van der Waals surface area contributed by atoms with Gasteiger partial charge in [0.15, 0.2) is 0 Å². The molecule has 0 spiro atoms. The molecule has 0 aliphatic rings. The standard InChI is InChI=1S/C25H19Cl3N2O5/c1-2-35-25(32)17-6-9-20(10-7-17)29(15-18-5-8-19(26)14-22(18)28)24(31)12-4-16-3-11-21(27)23(13-16)30(33)34/h3-14H,2,15H2,1H3/b12-4+. The molecule has 0 radical (unpaired) electrons. The van der Waals surface area contributed by atoms with Gasteiger partial charge in [-0.25, -0.2) is 4.79 Å². The van der Waals surface area contributed by atoms with Gasteiger partial charge in [0.1, 0.15) is 5.02 Å². The number of benzene rings is 3. The molecule has 7 nitrogen and oxygen atoms in total. The van der Waals surface area contributed by atoms with E-state index in [0.29, 0.717) is 32.4 Å². The summed E-state index contributed by atoms with van der Waals surface area (Å²) < 4.78 is 5.00. The second-order valence-corrected chi connectivity index (χ2v) is 8.48. The Labute approximate surface area is 216 Å². The Balaban J connectivity index is 1.93. The van der Waals surface area contributed by atoms with E-state index >= 15 is 0 Å². The number of rotatable bonds is 8. The minimum Gasteiger partial charge on any atom is -0.462 e. The Kier molecular flexibility index (Phi) is 8.87. The first-order chi connectivity index (χ1) is 16.7. The van der Waals surface area contributed by atoms with E-state index in [1.165, 1.54) is 29.2 Å². The minimum absolute atomic E-state index is 0.000766. The first-order valence-corrected chi connectivity index (χ1v) is 11.5. The molecule has 10 heteroatoms. The van der Waals surface area contributed by atoms with E-state index in [4.69, 9.17) is 39.5 Å². The van der Waals surface area contributed by atoms with Crippen LogP contribution in [0.1, 0.15) is 28.4 Å². The summed E-state index contributed by atoms with van der Waals surface area (Å²) in [6.07, 6.45) is 2.74. The van der Waals surface area contributed by atoms with E-state index in [9.17, 15) is 19.7 Å². The van der Waals surface area contributed by atoms with Crippen LogP contribution in [-0.4, -0.2) is 23.4 Å². The lowest BCUT2D eigenvalue weighted by molar-refractivity contribution is -0.384. The number of carbonyl (C=O) groups excluding carboxylic acids is 2. The average Bonchev–Trinajstić information content (AvgIpc) is 2.83. The van der Waals surface area contributed by atoms with Crippen molar-refractivity contribution >= 4 is 64.1 Å². The molecule has 0 aliphatic carbocycles. The summed E-state index contributed by atoms with van der Waals surface area (Å²) in [5.74, 6) is -0.889. The van der Waals surface area contributed by atoms with Gasteiger partial charge in [-0.1, -0.05) is 46.9 Å². The molecular weight excluding hydrogens is 515 g/mol. The van der Waals surface area contributed by atoms with Gasteiger partial charge in [-0.15, -0.1) is 0 Å². The van der Waals surface area contributed by atoms with Gasteiger partial charge in [0.25, 0.3) is 11.6 Å². The van der Waals surface area contributed by atoms with Gasteiger partial charge < -0.3 is 9.64 Å². The monoisotopic (exact) mass is 532 g/mol. The molecule has 3 aromatic carbocycles. The van der Waals surface area contributed by atoms with Gasteiger partial charge in [0, 0.05) is 27.9 Å². The number of amides is 1. The molecule has 0 heterocycles. The highest BCUT2D eigenvalue weighted by Gasteiger charge is 2.18. The molecule has 35 heavy (non-hydrogen) atoms. The van der Waals surface area contributed by atoms with Crippen molar-refractivity contribution in [2.24, 2.45) is 0 Å². The number of halogens is 3. The number of ether oxygens (including phenoxy) is 1. The molecular formula is C25H19Cl3N2O5. The Hall–Kier alpha value is -3.39. The third-order valence-electron chi connectivity index (χ3n) is 4.88. The highest BCUT2D eigenvalue weighted by atomic mass is 35.5. The second-order valence-electron chi connectivity index (χ2n) is 7.23.